The maximum Gasteiger partial charge on any atom is 0.306 e. The summed E-state index contributed by atoms with van der Waals surface area (Å²) in [4.78, 5) is 25.7. The molecule has 0 aromatic carbocycles. The zero-order valence-electron chi connectivity index (χ0n) is 40.7. The van der Waals surface area contributed by atoms with Crippen LogP contribution in [0.2, 0.25) is 0 Å². The number of esters is 2. The van der Waals surface area contributed by atoms with E-state index >= 15 is 0 Å². The Bertz CT molecular complexity index is 1250. The van der Waals surface area contributed by atoms with Gasteiger partial charge in [0, 0.05) is 12.8 Å². The summed E-state index contributed by atoms with van der Waals surface area (Å²) >= 11 is 0. The molecule has 66 heavy (non-hydrogen) atoms. The van der Waals surface area contributed by atoms with E-state index in [0.717, 1.165) is 64.2 Å². The van der Waals surface area contributed by atoms with E-state index in [2.05, 4.69) is 38.2 Å². The Morgan fingerprint density at radius 3 is 1.44 bits per heavy atom. The van der Waals surface area contributed by atoms with Gasteiger partial charge < -0.3 is 64.2 Å². The van der Waals surface area contributed by atoms with Crippen molar-refractivity contribution in [2.75, 3.05) is 26.4 Å². The molecule has 4 unspecified atom stereocenters. The molecule has 15 nitrogen and oxygen atoms in total. The van der Waals surface area contributed by atoms with E-state index in [-0.39, 0.29) is 26.1 Å². The topological polar surface area (TPSA) is 231 Å². The minimum absolute atomic E-state index is 0.159. The molecule has 0 aromatic rings. The predicted molar refractivity (Wildman–Crippen MR) is 252 cm³/mol. The molecule has 7 N–H and O–H groups in total. The number of unbranched alkanes of at least 4 members (excludes halogenated alkanes) is 22. The van der Waals surface area contributed by atoms with Crippen molar-refractivity contribution in [1.29, 1.82) is 0 Å². The lowest BCUT2D eigenvalue weighted by molar-refractivity contribution is -0.332. The largest absolute Gasteiger partial charge is 0.462 e. The summed E-state index contributed by atoms with van der Waals surface area (Å²) in [6.45, 7) is 2.57. The van der Waals surface area contributed by atoms with Crippen LogP contribution in [0.15, 0.2) is 24.3 Å². The smallest absolute Gasteiger partial charge is 0.306 e. The van der Waals surface area contributed by atoms with Gasteiger partial charge in [-0.15, -0.1) is 0 Å². The first-order valence-corrected chi connectivity index (χ1v) is 25.9. The average Bonchev–Trinajstić information content (AvgIpc) is 3.31. The van der Waals surface area contributed by atoms with E-state index in [4.69, 9.17) is 28.4 Å². The monoisotopic (exact) mass is 945 g/mol. The minimum atomic E-state index is -1.76. The van der Waals surface area contributed by atoms with Crippen LogP contribution in [-0.2, 0) is 38.0 Å². The van der Waals surface area contributed by atoms with Gasteiger partial charge in [-0.25, -0.2) is 0 Å². The summed E-state index contributed by atoms with van der Waals surface area (Å²) in [6, 6.07) is 0. The van der Waals surface area contributed by atoms with Gasteiger partial charge in [-0.2, -0.15) is 0 Å². The second-order valence-electron chi connectivity index (χ2n) is 18.4. The standard InChI is InChI=1S/C51H92O15/c1-3-5-7-9-11-13-15-17-18-19-20-22-24-26-28-30-32-34-43(54)64-39(36-61-42(53)33-31-29-27-25-23-21-16-14-12-10-8-6-4-2)37-62-50-49(60)47(58)45(56)41(66-50)38-63-51-48(59)46(57)44(55)40(35-52)65-51/h11,13,17-18,39-41,44-52,55-60H,3-10,12,14-16,19-38H2,1-2H3/b13-11+,18-17+/t39-,40+,41+,44-,45-,46?,47?,48?,49?,50+,51+/m1/s1. The molecule has 2 fully saturated rings. The molecule has 0 bridgehead atoms. The Labute approximate surface area is 396 Å². The third kappa shape index (κ3) is 26.7. The Morgan fingerprint density at radius 2 is 0.909 bits per heavy atom. The number of ether oxygens (including phenoxy) is 6. The SMILES string of the molecule is CCCCC/C=C/C/C=C/CCCCCCCCCC(=O)O[C@H](COC(=O)CCCCCCCCCCCCCCC)CO[C@H]1O[C@@H](CO[C@H]2O[C@@H](CO)[C@@H](O)C(O)C2O)[C@@H](O)C(O)C1O. The van der Waals surface area contributed by atoms with Crippen LogP contribution in [0.25, 0.3) is 0 Å². The number of hydrogen-bond donors (Lipinski definition) is 7. The van der Waals surface area contributed by atoms with E-state index < -0.39 is 92.7 Å². The lowest BCUT2D eigenvalue weighted by Crippen LogP contribution is -2.61. The normalized spacial score (nSPS) is 26.3. The molecule has 0 aliphatic carbocycles. The fourth-order valence-electron chi connectivity index (χ4n) is 8.13. The van der Waals surface area contributed by atoms with E-state index in [0.29, 0.717) is 12.8 Å². The number of rotatable bonds is 40. The van der Waals surface area contributed by atoms with Crippen LogP contribution in [0.3, 0.4) is 0 Å². The summed E-state index contributed by atoms with van der Waals surface area (Å²) in [5.74, 6) is -0.927. The van der Waals surface area contributed by atoms with Gasteiger partial charge in [0.15, 0.2) is 18.7 Å². The predicted octanol–water partition coefficient (Wildman–Crippen LogP) is 7.16. The highest BCUT2D eigenvalue weighted by Crippen LogP contribution is 2.26. The third-order valence-electron chi connectivity index (χ3n) is 12.4. The van der Waals surface area contributed by atoms with Crippen LogP contribution in [0, 0.1) is 0 Å². The molecule has 2 aliphatic heterocycles. The molecule has 0 aromatic heterocycles. The van der Waals surface area contributed by atoms with Crippen LogP contribution in [0.1, 0.15) is 194 Å². The third-order valence-corrected chi connectivity index (χ3v) is 12.4. The van der Waals surface area contributed by atoms with E-state index in [1.807, 2.05) is 0 Å². The maximum absolute atomic E-state index is 13.0. The maximum atomic E-state index is 13.0. The number of allylic oxidation sites excluding steroid dienone is 4. The second kappa shape index (κ2) is 38.8. The van der Waals surface area contributed by atoms with E-state index in [9.17, 15) is 45.3 Å². The second-order valence-corrected chi connectivity index (χ2v) is 18.4. The minimum Gasteiger partial charge on any atom is -0.462 e. The van der Waals surface area contributed by atoms with E-state index in [1.165, 1.54) is 89.9 Å². The molecule has 11 atom stereocenters. The van der Waals surface area contributed by atoms with Gasteiger partial charge in [0.1, 0.15) is 55.4 Å². The summed E-state index contributed by atoms with van der Waals surface area (Å²) in [5.41, 5.74) is 0. The average molecular weight is 945 g/mol. The van der Waals surface area contributed by atoms with Crippen molar-refractivity contribution in [3.05, 3.63) is 24.3 Å². The molecular weight excluding hydrogens is 853 g/mol. The van der Waals surface area contributed by atoms with Gasteiger partial charge in [0.05, 0.1) is 19.8 Å². The molecule has 0 spiro atoms. The van der Waals surface area contributed by atoms with Crippen molar-refractivity contribution in [3.63, 3.8) is 0 Å². The number of aliphatic hydroxyl groups excluding tert-OH is 7. The van der Waals surface area contributed by atoms with Crippen LogP contribution >= 0.6 is 0 Å². The number of aliphatic hydroxyl groups is 7. The fourth-order valence-corrected chi connectivity index (χ4v) is 8.13. The molecule has 15 heteroatoms. The molecule has 0 radical (unpaired) electrons. The highest BCUT2D eigenvalue weighted by molar-refractivity contribution is 5.70. The number of carbonyl (C=O) groups excluding carboxylic acids is 2. The van der Waals surface area contributed by atoms with Crippen molar-refractivity contribution in [3.8, 4) is 0 Å². The Hall–Kier alpha value is -2.02. The quantitative estimate of drug-likeness (QED) is 0.0184. The molecule has 2 aliphatic rings. The first-order valence-electron chi connectivity index (χ1n) is 25.9. The zero-order chi connectivity index (χ0) is 48.2. The summed E-state index contributed by atoms with van der Waals surface area (Å²) in [7, 11) is 0. The van der Waals surface area contributed by atoms with Gasteiger partial charge in [0.25, 0.3) is 0 Å². The van der Waals surface area contributed by atoms with Crippen LogP contribution in [0.5, 0.6) is 0 Å². The zero-order valence-corrected chi connectivity index (χ0v) is 40.7. The van der Waals surface area contributed by atoms with Gasteiger partial charge in [0.2, 0.25) is 0 Å². The van der Waals surface area contributed by atoms with Crippen molar-refractivity contribution in [1.82, 2.24) is 0 Å². The molecule has 0 saturated carbocycles. The van der Waals surface area contributed by atoms with Gasteiger partial charge in [-0.1, -0.05) is 160 Å². The Kier molecular flexibility index (Phi) is 35.3. The van der Waals surface area contributed by atoms with Crippen molar-refractivity contribution < 1.29 is 73.8 Å². The summed E-state index contributed by atoms with van der Waals surface area (Å²) in [6.07, 6.45) is 22.0. The van der Waals surface area contributed by atoms with E-state index in [1.54, 1.807) is 0 Å². The first-order chi connectivity index (χ1) is 32.0. The summed E-state index contributed by atoms with van der Waals surface area (Å²) < 4.78 is 33.6. The highest BCUT2D eigenvalue weighted by Gasteiger charge is 2.47. The molecule has 2 saturated heterocycles. The highest BCUT2D eigenvalue weighted by atomic mass is 16.7. The van der Waals surface area contributed by atoms with Crippen molar-refractivity contribution in [2.45, 2.75) is 261 Å². The number of carbonyl (C=O) groups is 2. The lowest BCUT2D eigenvalue weighted by Gasteiger charge is -2.42. The lowest BCUT2D eigenvalue weighted by atomic mass is 9.98. The molecule has 2 heterocycles. The Balaban J connectivity index is 1.81. The molecular formula is C51H92O15. The van der Waals surface area contributed by atoms with Crippen molar-refractivity contribution in [2.24, 2.45) is 0 Å². The van der Waals surface area contributed by atoms with Crippen LogP contribution in [0.4, 0.5) is 0 Å². The fraction of sp³-hybridized carbons (Fsp3) is 0.882. The van der Waals surface area contributed by atoms with Gasteiger partial charge >= 0.3 is 11.9 Å². The van der Waals surface area contributed by atoms with Gasteiger partial charge in [-0.3, -0.25) is 9.59 Å². The molecule has 0 amide bonds. The molecule has 2 rings (SSSR count). The number of hydrogen-bond acceptors (Lipinski definition) is 15. The van der Waals surface area contributed by atoms with Crippen LogP contribution < -0.4 is 0 Å². The molecule has 386 valence electrons. The van der Waals surface area contributed by atoms with Crippen molar-refractivity contribution >= 4 is 11.9 Å². The Morgan fingerprint density at radius 1 is 0.485 bits per heavy atom. The van der Waals surface area contributed by atoms with Gasteiger partial charge in [-0.05, 0) is 44.9 Å². The van der Waals surface area contributed by atoms with Crippen LogP contribution in [-0.4, -0.2) is 142 Å². The summed E-state index contributed by atoms with van der Waals surface area (Å²) in [5, 5.41) is 72.1. The first kappa shape index (κ1) is 60.1.